The summed E-state index contributed by atoms with van der Waals surface area (Å²) in [5.41, 5.74) is 10.5. The molecule has 0 aromatic carbocycles. The van der Waals surface area contributed by atoms with Crippen molar-refractivity contribution in [1.29, 1.82) is 0 Å². The highest BCUT2D eigenvalue weighted by atomic mass is 16.3. The first kappa shape index (κ1) is 39.0. The van der Waals surface area contributed by atoms with Crippen molar-refractivity contribution in [3.05, 3.63) is 0 Å². The molecular weight excluding hydrogens is 398 g/mol. The molecule has 6 N–H and O–H groups in total. The second-order valence-electron chi connectivity index (χ2n) is 9.28. The minimum Gasteiger partial charge on any atom is -0.392 e. The van der Waals surface area contributed by atoms with Crippen LogP contribution >= 0.6 is 0 Å². The van der Waals surface area contributed by atoms with E-state index in [2.05, 4.69) is 70.8 Å². The number of unbranched alkanes of at least 4 members (excludes halogenated alkanes) is 1. The molecule has 0 aliphatic carbocycles. The second-order valence-corrected chi connectivity index (χ2v) is 9.28. The van der Waals surface area contributed by atoms with Crippen molar-refractivity contribution < 1.29 is 5.11 Å². The third-order valence-electron chi connectivity index (χ3n) is 5.80. The molecule has 200 valence electrons. The topological polar surface area (TPSA) is 90.8 Å². The van der Waals surface area contributed by atoms with E-state index in [1.165, 1.54) is 45.2 Å². The molecule has 2 rings (SSSR count). The Morgan fingerprint density at radius 2 is 1.22 bits per heavy atom. The predicted molar refractivity (Wildman–Crippen MR) is 147 cm³/mol. The minimum atomic E-state index is -0.370. The molecule has 32 heavy (non-hydrogen) atoms. The molecule has 6 nitrogen and oxygen atoms in total. The summed E-state index contributed by atoms with van der Waals surface area (Å²) in [5, 5.41) is 11.4. The van der Waals surface area contributed by atoms with Gasteiger partial charge in [0.15, 0.2) is 0 Å². The molecule has 0 radical (unpaired) electrons. The van der Waals surface area contributed by atoms with Gasteiger partial charge < -0.3 is 31.7 Å². The molecule has 0 amide bonds. The van der Waals surface area contributed by atoms with Crippen molar-refractivity contribution in [3.63, 3.8) is 0 Å². The Kier molecular flexibility index (Phi) is 35.1. The van der Waals surface area contributed by atoms with E-state index in [4.69, 9.17) is 16.6 Å². The van der Waals surface area contributed by atoms with Crippen LogP contribution in [-0.2, 0) is 0 Å². The largest absolute Gasteiger partial charge is 0.392 e. The molecule has 0 aromatic rings. The Labute approximate surface area is 203 Å². The van der Waals surface area contributed by atoms with Crippen molar-refractivity contribution in [2.24, 2.45) is 11.5 Å². The fourth-order valence-electron chi connectivity index (χ4n) is 1.72. The lowest BCUT2D eigenvalue weighted by Crippen LogP contribution is -2.41. The molecule has 2 fully saturated rings. The molecule has 0 bridgehead atoms. The van der Waals surface area contributed by atoms with Crippen LogP contribution in [0.25, 0.3) is 0 Å². The summed E-state index contributed by atoms with van der Waals surface area (Å²) >= 11 is 0. The van der Waals surface area contributed by atoms with E-state index >= 15 is 0 Å². The maximum absolute atomic E-state index is 8.50. The lowest BCUT2D eigenvalue weighted by atomic mass is 10.1. The van der Waals surface area contributed by atoms with Gasteiger partial charge in [-0.15, -0.1) is 0 Å². The first-order valence-electron chi connectivity index (χ1n) is 13.1. The van der Waals surface area contributed by atoms with Gasteiger partial charge in [0.25, 0.3) is 0 Å². The molecule has 0 aromatic heterocycles. The van der Waals surface area contributed by atoms with E-state index in [0.717, 1.165) is 25.0 Å². The Hall–Kier alpha value is -0.240. The van der Waals surface area contributed by atoms with E-state index in [0.29, 0.717) is 6.04 Å². The highest BCUT2D eigenvalue weighted by molar-refractivity contribution is 4.73. The molecule has 5 atom stereocenters. The molecule has 2 heterocycles. The summed E-state index contributed by atoms with van der Waals surface area (Å²) in [6, 6.07) is 2.00. The van der Waals surface area contributed by atoms with Crippen LogP contribution < -0.4 is 16.8 Å². The average Bonchev–Trinajstić information content (AvgIpc) is 3.16. The number of hydrogen-bond acceptors (Lipinski definition) is 6. The first-order chi connectivity index (χ1) is 14.9. The number of nitrogens with zero attached hydrogens (tertiary/aromatic N) is 2. The van der Waals surface area contributed by atoms with Crippen LogP contribution in [0.15, 0.2) is 0 Å². The van der Waals surface area contributed by atoms with E-state index in [9.17, 15) is 0 Å². The zero-order chi connectivity index (χ0) is 26.1. The van der Waals surface area contributed by atoms with Crippen molar-refractivity contribution in [3.8, 4) is 0 Å². The van der Waals surface area contributed by atoms with Gasteiger partial charge in [-0.05, 0) is 101 Å². The van der Waals surface area contributed by atoms with Crippen LogP contribution in [0.2, 0.25) is 0 Å². The van der Waals surface area contributed by atoms with Gasteiger partial charge in [0.2, 0.25) is 0 Å². The quantitative estimate of drug-likeness (QED) is 0.497. The van der Waals surface area contributed by atoms with Crippen molar-refractivity contribution in [2.45, 2.75) is 131 Å². The van der Waals surface area contributed by atoms with Crippen LogP contribution in [0.1, 0.15) is 101 Å². The molecule has 0 spiro atoms. The van der Waals surface area contributed by atoms with Gasteiger partial charge >= 0.3 is 0 Å². The highest BCUT2D eigenvalue weighted by Crippen LogP contribution is 2.12. The van der Waals surface area contributed by atoms with E-state index in [-0.39, 0.29) is 12.1 Å². The maximum atomic E-state index is 8.50. The molecule has 2 saturated heterocycles. The van der Waals surface area contributed by atoms with Crippen molar-refractivity contribution in [1.82, 2.24) is 15.1 Å². The molecule has 2 aliphatic rings. The average molecular weight is 464 g/mol. The number of aliphatic hydroxyl groups excluding tert-OH is 1. The van der Waals surface area contributed by atoms with Crippen LogP contribution in [-0.4, -0.2) is 86.0 Å². The fourth-order valence-corrected chi connectivity index (χ4v) is 1.72. The summed E-state index contributed by atoms with van der Waals surface area (Å²) < 4.78 is 0. The smallest absolute Gasteiger partial charge is 0.0660 e. The summed E-state index contributed by atoms with van der Waals surface area (Å²) in [5.74, 6) is 0. The van der Waals surface area contributed by atoms with E-state index in [1.807, 2.05) is 14.0 Å². The zero-order valence-corrected chi connectivity index (χ0v) is 24.2. The monoisotopic (exact) mass is 464 g/mol. The third-order valence-corrected chi connectivity index (χ3v) is 5.80. The Bertz CT molecular complexity index is 292. The van der Waals surface area contributed by atoms with E-state index in [1.54, 1.807) is 13.8 Å². The van der Waals surface area contributed by atoms with Crippen molar-refractivity contribution >= 4 is 0 Å². The van der Waals surface area contributed by atoms with Crippen LogP contribution in [0.3, 0.4) is 0 Å². The van der Waals surface area contributed by atoms with Crippen molar-refractivity contribution in [2.75, 3.05) is 40.8 Å². The highest BCUT2D eigenvalue weighted by Gasteiger charge is 2.17. The maximum Gasteiger partial charge on any atom is 0.0660 e. The normalized spacial score (nSPS) is 22.2. The summed E-state index contributed by atoms with van der Waals surface area (Å²) in [7, 11) is 6.28. The summed E-state index contributed by atoms with van der Waals surface area (Å²) in [6.45, 7) is 22.2. The van der Waals surface area contributed by atoms with Gasteiger partial charge in [-0.25, -0.2) is 0 Å². The van der Waals surface area contributed by atoms with Gasteiger partial charge in [0.1, 0.15) is 0 Å². The van der Waals surface area contributed by atoms with Crippen LogP contribution in [0.5, 0.6) is 0 Å². The number of aliphatic hydroxyl groups is 1. The third kappa shape index (κ3) is 34.4. The van der Waals surface area contributed by atoms with Gasteiger partial charge in [0.05, 0.1) is 6.10 Å². The standard InChI is InChI=1S/C6H13N.C5H11N.C4H11NO.C4H11N.C4H10.C3H9N/c1-6-4-3-5-7(6)2;1-5-3-4-6(5)2;1-3(5)4(2)6;1-3-4(2)5;2*1-3-4-2/h6H,3-5H2,1-2H3;5H,3-4H2,1-2H3;3-4,6H,5H2,1-2H3;4H,3,5H2,1-2H3;3-4H2,1-2H3;4H,3H2,1-2H3/t6-;;3-,4+;4-;;/m1.00../s1. The number of hydrogen-bond donors (Lipinski definition) is 4. The molecule has 1 unspecified atom stereocenters. The molecule has 2 aliphatic heterocycles. The van der Waals surface area contributed by atoms with E-state index < -0.39 is 0 Å². The summed E-state index contributed by atoms with van der Waals surface area (Å²) in [4.78, 5) is 4.75. The predicted octanol–water partition coefficient (Wildman–Crippen LogP) is 4.30. The lowest BCUT2D eigenvalue weighted by Gasteiger charge is -2.34. The number of nitrogens with two attached hydrogens (primary N) is 2. The Morgan fingerprint density at radius 1 is 0.875 bits per heavy atom. The van der Waals surface area contributed by atoms with Gasteiger partial charge in [-0.3, -0.25) is 0 Å². The second kappa shape index (κ2) is 28.8. The minimum absolute atomic E-state index is 0.0926. The van der Waals surface area contributed by atoms with Crippen LogP contribution in [0, 0.1) is 0 Å². The van der Waals surface area contributed by atoms with Gasteiger partial charge in [-0.1, -0.05) is 40.5 Å². The van der Waals surface area contributed by atoms with Crippen LogP contribution in [0.4, 0.5) is 0 Å². The first-order valence-corrected chi connectivity index (χ1v) is 13.1. The Balaban J connectivity index is -0.000000149. The van der Waals surface area contributed by atoms with Gasteiger partial charge in [0, 0.05) is 24.2 Å². The zero-order valence-electron chi connectivity index (χ0n) is 24.2. The Morgan fingerprint density at radius 3 is 1.25 bits per heavy atom. The molecule has 6 heteroatoms. The number of nitrogens with one attached hydrogen (secondary N) is 1. The number of likely N-dealkylation sites (tertiary alicyclic amines) is 2. The molecule has 0 saturated carbocycles. The number of rotatable bonds is 4. The molecular formula is C26H65N5O. The lowest BCUT2D eigenvalue weighted by molar-refractivity contribution is 0.143. The summed E-state index contributed by atoms with van der Waals surface area (Å²) in [6.07, 6.45) is 7.55. The SMILES string of the molecule is CC1CCN1C.CCCC.CCNC.CC[C@H](C)N.C[C@@H]1CCCN1C.C[C@H](N)[C@@H](C)O. The fraction of sp³-hybridized carbons (Fsp3) is 1.00. The van der Waals surface area contributed by atoms with Gasteiger partial charge in [-0.2, -0.15) is 0 Å².